The third-order valence-corrected chi connectivity index (χ3v) is 3.44. The standard InChI is InChI=1S/C10H8BrIO/c11-7-3-6(4-8(12)5-7)9-1-2-10(9)13/h3-5,9H,1-2H2. The Morgan fingerprint density at radius 2 is 2.15 bits per heavy atom. The molecule has 1 aliphatic carbocycles. The second kappa shape index (κ2) is 3.69. The summed E-state index contributed by atoms with van der Waals surface area (Å²) in [6, 6.07) is 6.18. The van der Waals surface area contributed by atoms with Crippen LogP contribution in [-0.2, 0) is 4.79 Å². The fraction of sp³-hybridized carbons (Fsp3) is 0.300. The molecule has 0 aromatic heterocycles. The van der Waals surface area contributed by atoms with Gasteiger partial charge in [-0.15, -0.1) is 0 Å². The Hall–Kier alpha value is 0.1000. The van der Waals surface area contributed by atoms with E-state index in [1.807, 2.05) is 12.1 Å². The Morgan fingerprint density at radius 1 is 1.38 bits per heavy atom. The van der Waals surface area contributed by atoms with Crippen LogP contribution >= 0.6 is 38.5 Å². The van der Waals surface area contributed by atoms with Gasteiger partial charge in [-0.05, 0) is 52.8 Å². The molecule has 2 rings (SSSR count). The van der Waals surface area contributed by atoms with E-state index >= 15 is 0 Å². The maximum absolute atomic E-state index is 11.2. The molecule has 0 saturated heterocycles. The summed E-state index contributed by atoms with van der Waals surface area (Å²) in [4.78, 5) is 11.2. The molecule has 1 nitrogen and oxygen atoms in total. The zero-order valence-electron chi connectivity index (χ0n) is 6.89. The van der Waals surface area contributed by atoms with E-state index in [9.17, 15) is 4.79 Å². The van der Waals surface area contributed by atoms with Crippen molar-refractivity contribution in [2.24, 2.45) is 0 Å². The van der Waals surface area contributed by atoms with E-state index in [-0.39, 0.29) is 5.92 Å². The first kappa shape index (κ1) is 9.65. The van der Waals surface area contributed by atoms with Crippen molar-refractivity contribution in [2.75, 3.05) is 0 Å². The smallest absolute Gasteiger partial charge is 0.140 e. The van der Waals surface area contributed by atoms with E-state index in [1.165, 1.54) is 3.57 Å². The van der Waals surface area contributed by atoms with Gasteiger partial charge in [0.05, 0.1) is 0 Å². The first-order valence-electron chi connectivity index (χ1n) is 4.15. The first-order chi connectivity index (χ1) is 6.16. The van der Waals surface area contributed by atoms with Crippen LogP contribution in [0, 0.1) is 3.57 Å². The van der Waals surface area contributed by atoms with Crippen molar-refractivity contribution in [1.82, 2.24) is 0 Å². The molecule has 0 aliphatic heterocycles. The summed E-state index contributed by atoms with van der Waals surface area (Å²) in [5.41, 5.74) is 1.16. The van der Waals surface area contributed by atoms with Gasteiger partial charge in [0.15, 0.2) is 0 Å². The minimum absolute atomic E-state index is 0.172. The molecular weight excluding hydrogens is 343 g/mol. The summed E-state index contributed by atoms with van der Waals surface area (Å²) in [6.45, 7) is 0. The lowest BCUT2D eigenvalue weighted by Crippen LogP contribution is -2.23. The van der Waals surface area contributed by atoms with Gasteiger partial charge in [0.25, 0.3) is 0 Å². The zero-order chi connectivity index (χ0) is 9.42. The second-order valence-electron chi connectivity index (χ2n) is 3.26. The maximum atomic E-state index is 11.2. The molecule has 3 heteroatoms. The highest BCUT2D eigenvalue weighted by molar-refractivity contribution is 14.1. The molecule has 1 unspecified atom stereocenters. The molecule has 1 atom stereocenters. The van der Waals surface area contributed by atoms with Gasteiger partial charge in [0.1, 0.15) is 5.78 Å². The van der Waals surface area contributed by atoms with Gasteiger partial charge in [-0.1, -0.05) is 15.9 Å². The molecule has 0 spiro atoms. The predicted octanol–water partition coefficient (Wildman–Crippen LogP) is 3.50. The Balaban J connectivity index is 2.34. The molecule has 1 aromatic carbocycles. The zero-order valence-corrected chi connectivity index (χ0v) is 10.6. The average Bonchev–Trinajstić information content (AvgIpc) is 1.99. The van der Waals surface area contributed by atoms with Crippen LogP contribution in [0.25, 0.3) is 0 Å². The predicted molar refractivity (Wildman–Crippen MR) is 63.8 cm³/mol. The number of ketones is 1. The summed E-state index contributed by atoms with van der Waals surface area (Å²) in [5.74, 6) is 0.555. The van der Waals surface area contributed by atoms with E-state index in [4.69, 9.17) is 0 Å². The van der Waals surface area contributed by atoms with Gasteiger partial charge >= 0.3 is 0 Å². The molecule has 0 N–H and O–H groups in total. The molecule has 0 heterocycles. The lowest BCUT2D eigenvalue weighted by molar-refractivity contribution is -0.125. The van der Waals surface area contributed by atoms with Crippen molar-refractivity contribution in [3.63, 3.8) is 0 Å². The van der Waals surface area contributed by atoms with Crippen molar-refractivity contribution in [2.45, 2.75) is 18.8 Å². The monoisotopic (exact) mass is 350 g/mol. The summed E-state index contributed by atoms with van der Waals surface area (Å²) >= 11 is 5.71. The number of Topliss-reactive ketones (excluding diaryl/α,β-unsaturated/α-hetero) is 1. The van der Waals surface area contributed by atoms with Gasteiger partial charge in [-0.3, -0.25) is 4.79 Å². The Kier molecular flexibility index (Phi) is 2.74. The number of halogens is 2. The van der Waals surface area contributed by atoms with E-state index in [0.717, 1.165) is 22.9 Å². The van der Waals surface area contributed by atoms with Crippen molar-refractivity contribution < 1.29 is 4.79 Å². The first-order valence-corrected chi connectivity index (χ1v) is 6.03. The normalized spacial score (nSPS) is 21.4. The van der Waals surface area contributed by atoms with Crippen LogP contribution in [0.2, 0.25) is 0 Å². The van der Waals surface area contributed by atoms with Crippen LogP contribution in [0.15, 0.2) is 22.7 Å². The van der Waals surface area contributed by atoms with Crippen LogP contribution in [0.4, 0.5) is 0 Å². The number of hydrogen-bond acceptors (Lipinski definition) is 1. The molecule has 68 valence electrons. The van der Waals surface area contributed by atoms with E-state index < -0.39 is 0 Å². The number of carbonyl (C=O) groups is 1. The second-order valence-corrected chi connectivity index (χ2v) is 5.42. The summed E-state index contributed by atoms with van der Waals surface area (Å²) in [7, 11) is 0. The van der Waals surface area contributed by atoms with Crippen molar-refractivity contribution >= 4 is 44.3 Å². The average molecular weight is 351 g/mol. The van der Waals surface area contributed by atoms with Gasteiger partial charge in [-0.2, -0.15) is 0 Å². The minimum atomic E-state index is 0.172. The molecule has 1 aliphatic rings. The maximum Gasteiger partial charge on any atom is 0.140 e. The fourth-order valence-corrected chi connectivity index (χ4v) is 3.17. The van der Waals surface area contributed by atoms with Crippen LogP contribution in [0.5, 0.6) is 0 Å². The highest BCUT2D eigenvalue weighted by atomic mass is 127. The van der Waals surface area contributed by atoms with Gasteiger partial charge in [0.2, 0.25) is 0 Å². The van der Waals surface area contributed by atoms with Gasteiger partial charge < -0.3 is 0 Å². The highest BCUT2D eigenvalue weighted by Crippen LogP contribution is 2.34. The number of benzene rings is 1. The molecule has 1 saturated carbocycles. The highest BCUT2D eigenvalue weighted by Gasteiger charge is 2.29. The molecule has 1 aromatic rings. The van der Waals surface area contributed by atoms with Crippen LogP contribution in [0.3, 0.4) is 0 Å². The summed E-state index contributed by atoms with van der Waals surface area (Å²) in [5, 5.41) is 0. The van der Waals surface area contributed by atoms with Crippen LogP contribution in [0.1, 0.15) is 24.3 Å². The summed E-state index contributed by atoms with van der Waals surface area (Å²) in [6.07, 6.45) is 1.78. The fourth-order valence-electron chi connectivity index (χ4n) is 1.54. The molecule has 1 fully saturated rings. The van der Waals surface area contributed by atoms with E-state index in [0.29, 0.717) is 5.78 Å². The van der Waals surface area contributed by atoms with Crippen molar-refractivity contribution in [3.05, 3.63) is 31.8 Å². The number of rotatable bonds is 1. The summed E-state index contributed by atoms with van der Waals surface area (Å²) < 4.78 is 2.25. The molecule has 13 heavy (non-hydrogen) atoms. The van der Waals surface area contributed by atoms with Crippen molar-refractivity contribution in [3.8, 4) is 0 Å². The van der Waals surface area contributed by atoms with Gasteiger partial charge in [0, 0.05) is 20.4 Å². The molecule has 0 bridgehead atoms. The largest absolute Gasteiger partial charge is 0.299 e. The van der Waals surface area contributed by atoms with Crippen LogP contribution < -0.4 is 0 Å². The topological polar surface area (TPSA) is 17.1 Å². The minimum Gasteiger partial charge on any atom is -0.299 e. The van der Waals surface area contributed by atoms with Crippen molar-refractivity contribution in [1.29, 1.82) is 0 Å². The lowest BCUT2D eigenvalue weighted by Gasteiger charge is -2.24. The quantitative estimate of drug-likeness (QED) is 0.708. The van der Waals surface area contributed by atoms with Crippen LogP contribution in [-0.4, -0.2) is 5.78 Å². The van der Waals surface area contributed by atoms with E-state index in [2.05, 4.69) is 44.6 Å². The Morgan fingerprint density at radius 3 is 2.62 bits per heavy atom. The Labute approximate surface area is 99.2 Å². The molecule has 0 amide bonds. The van der Waals surface area contributed by atoms with Gasteiger partial charge in [-0.25, -0.2) is 0 Å². The Bertz CT molecular complexity index is 342. The molecular formula is C10H8BrIO. The lowest BCUT2D eigenvalue weighted by atomic mass is 9.79. The third kappa shape index (κ3) is 1.96. The molecule has 0 radical (unpaired) electrons. The van der Waals surface area contributed by atoms with E-state index in [1.54, 1.807) is 0 Å². The number of carbonyl (C=O) groups excluding carboxylic acids is 1. The third-order valence-electron chi connectivity index (χ3n) is 2.36. The number of hydrogen-bond donors (Lipinski definition) is 0. The SMILES string of the molecule is O=C1CCC1c1cc(Br)cc(I)c1.